The minimum Gasteiger partial charge on any atom is -0.378 e. The van der Waals surface area contributed by atoms with Crippen LogP contribution in [0.3, 0.4) is 0 Å². The Morgan fingerprint density at radius 3 is 2.43 bits per heavy atom. The summed E-state index contributed by atoms with van der Waals surface area (Å²) in [4.78, 5) is 36.6. The molecule has 0 atom stereocenters. The number of piperazine rings is 1. The van der Waals surface area contributed by atoms with Gasteiger partial charge in [-0.15, -0.1) is 0 Å². The Kier molecular flexibility index (Phi) is 7.96. The molecule has 2 fully saturated rings. The van der Waals surface area contributed by atoms with Crippen LogP contribution in [0.15, 0.2) is 54.6 Å². The molecule has 0 radical (unpaired) electrons. The van der Waals surface area contributed by atoms with Crippen LogP contribution in [-0.4, -0.2) is 79.1 Å². The molecule has 2 aliphatic rings. The standard InChI is InChI=1S/C29H35N5O3/c1-22-19-27(33-15-17-37-18-16-33)31-26-8-7-24(20-25(22)26)30-28(35)9-10-29(36)34-13-11-32(12-14-34)21-23-5-3-2-4-6-23/h2-8,19-20H,9-18,21H2,1H3,(H,30,35). The van der Waals surface area contributed by atoms with E-state index in [0.717, 1.165) is 73.9 Å². The van der Waals surface area contributed by atoms with Crippen molar-refractivity contribution in [1.29, 1.82) is 0 Å². The molecule has 3 heterocycles. The van der Waals surface area contributed by atoms with Crippen LogP contribution in [0.5, 0.6) is 0 Å². The van der Waals surface area contributed by atoms with Gasteiger partial charge < -0.3 is 19.9 Å². The van der Waals surface area contributed by atoms with E-state index in [2.05, 4.69) is 52.4 Å². The van der Waals surface area contributed by atoms with Crippen molar-refractivity contribution in [2.45, 2.75) is 26.3 Å². The Labute approximate surface area is 218 Å². The van der Waals surface area contributed by atoms with Crippen LogP contribution in [0.4, 0.5) is 11.5 Å². The van der Waals surface area contributed by atoms with E-state index in [1.54, 1.807) is 0 Å². The molecule has 2 saturated heterocycles. The van der Waals surface area contributed by atoms with Crippen molar-refractivity contribution in [2.75, 3.05) is 62.7 Å². The SMILES string of the molecule is Cc1cc(N2CCOCC2)nc2ccc(NC(=O)CCC(=O)N3CCN(Cc4ccccc4)CC3)cc12. The minimum absolute atomic E-state index is 0.0451. The summed E-state index contributed by atoms with van der Waals surface area (Å²) >= 11 is 0. The maximum Gasteiger partial charge on any atom is 0.224 e. The van der Waals surface area contributed by atoms with Crippen molar-refractivity contribution in [3.8, 4) is 0 Å². The lowest BCUT2D eigenvalue weighted by Gasteiger charge is -2.34. The van der Waals surface area contributed by atoms with Gasteiger partial charge in [-0.25, -0.2) is 4.98 Å². The summed E-state index contributed by atoms with van der Waals surface area (Å²) in [6, 6.07) is 18.3. The summed E-state index contributed by atoms with van der Waals surface area (Å²) in [5.41, 5.74) is 4.03. The van der Waals surface area contributed by atoms with Gasteiger partial charge in [0.2, 0.25) is 11.8 Å². The Morgan fingerprint density at radius 1 is 0.919 bits per heavy atom. The van der Waals surface area contributed by atoms with Crippen molar-refractivity contribution in [2.24, 2.45) is 0 Å². The van der Waals surface area contributed by atoms with E-state index in [1.165, 1.54) is 5.56 Å². The van der Waals surface area contributed by atoms with Crippen LogP contribution in [-0.2, 0) is 20.9 Å². The third kappa shape index (κ3) is 6.45. The number of rotatable bonds is 7. The normalized spacial score (nSPS) is 16.7. The monoisotopic (exact) mass is 501 g/mol. The van der Waals surface area contributed by atoms with E-state index in [4.69, 9.17) is 9.72 Å². The van der Waals surface area contributed by atoms with Gasteiger partial charge in [0, 0.05) is 69.7 Å². The van der Waals surface area contributed by atoms with E-state index < -0.39 is 0 Å². The number of nitrogens with one attached hydrogen (secondary N) is 1. The number of ether oxygens (including phenoxy) is 1. The van der Waals surface area contributed by atoms with Gasteiger partial charge in [-0.05, 0) is 42.3 Å². The molecule has 3 aromatic rings. The Balaban J connectivity index is 1.10. The van der Waals surface area contributed by atoms with Crippen LogP contribution >= 0.6 is 0 Å². The molecule has 2 aliphatic heterocycles. The zero-order valence-electron chi connectivity index (χ0n) is 21.5. The van der Waals surface area contributed by atoms with E-state index in [-0.39, 0.29) is 24.7 Å². The molecule has 0 saturated carbocycles. The number of anilines is 2. The summed E-state index contributed by atoms with van der Waals surface area (Å²) in [5, 5.41) is 3.97. The average Bonchev–Trinajstić information content (AvgIpc) is 2.93. The highest BCUT2D eigenvalue weighted by Gasteiger charge is 2.22. The fourth-order valence-electron chi connectivity index (χ4n) is 5.01. The fraction of sp³-hybridized carbons (Fsp3) is 0.414. The van der Waals surface area contributed by atoms with Gasteiger partial charge in [-0.1, -0.05) is 30.3 Å². The Bertz CT molecular complexity index is 1240. The Hall–Kier alpha value is -3.49. The average molecular weight is 502 g/mol. The number of amides is 2. The largest absolute Gasteiger partial charge is 0.378 e. The summed E-state index contributed by atoms with van der Waals surface area (Å²) in [6.07, 6.45) is 0.399. The highest BCUT2D eigenvalue weighted by molar-refractivity contribution is 5.96. The van der Waals surface area contributed by atoms with Crippen molar-refractivity contribution >= 4 is 34.2 Å². The number of carbonyl (C=O) groups is 2. The highest BCUT2D eigenvalue weighted by Crippen LogP contribution is 2.26. The van der Waals surface area contributed by atoms with Gasteiger partial charge in [0.05, 0.1) is 18.7 Å². The summed E-state index contributed by atoms with van der Waals surface area (Å²) in [5.74, 6) is 0.860. The lowest BCUT2D eigenvalue weighted by atomic mass is 10.1. The van der Waals surface area contributed by atoms with Crippen LogP contribution in [0, 0.1) is 6.92 Å². The summed E-state index contributed by atoms with van der Waals surface area (Å²) in [6.45, 7) is 9.20. The van der Waals surface area contributed by atoms with Gasteiger partial charge in [-0.3, -0.25) is 14.5 Å². The molecule has 1 aromatic heterocycles. The predicted octanol–water partition coefficient (Wildman–Crippen LogP) is 3.44. The number of hydrogen-bond acceptors (Lipinski definition) is 6. The number of hydrogen-bond donors (Lipinski definition) is 1. The third-order valence-electron chi connectivity index (χ3n) is 7.16. The number of benzene rings is 2. The van der Waals surface area contributed by atoms with Crippen LogP contribution in [0.1, 0.15) is 24.0 Å². The minimum atomic E-state index is -0.147. The number of fused-ring (bicyclic) bond motifs is 1. The van der Waals surface area contributed by atoms with Gasteiger partial charge in [0.25, 0.3) is 0 Å². The van der Waals surface area contributed by atoms with Crippen molar-refractivity contribution in [1.82, 2.24) is 14.8 Å². The number of carbonyl (C=O) groups excluding carboxylic acids is 2. The smallest absolute Gasteiger partial charge is 0.224 e. The van der Waals surface area contributed by atoms with E-state index in [0.29, 0.717) is 13.1 Å². The van der Waals surface area contributed by atoms with Crippen molar-refractivity contribution in [3.05, 3.63) is 65.7 Å². The maximum absolute atomic E-state index is 12.7. The lowest BCUT2D eigenvalue weighted by molar-refractivity contribution is -0.134. The number of morpholine rings is 1. The first-order valence-corrected chi connectivity index (χ1v) is 13.1. The van der Waals surface area contributed by atoms with Gasteiger partial charge in [0.1, 0.15) is 5.82 Å². The maximum atomic E-state index is 12.7. The summed E-state index contributed by atoms with van der Waals surface area (Å²) in [7, 11) is 0. The molecule has 8 nitrogen and oxygen atoms in total. The van der Waals surface area contributed by atoms with Gasteiger partial charge in [0.15, 0.2) is 0 Å². The molecule has 1 N–H and O–H groups in total. The zero-order chi connectivity index (χ0) is 25.6. The number of aromatic nitrogens is 1. The highest BCUT2D eigenvalue weighted by atomic mass is 16.5. The number of aryl methyl sites for hydroxylation is 1. The van der Waals surface area contributed by atoms with Crippen molar-refractivity contribution in [3.63, 3.8) is 0 Å². The molecule has 8 heteroatoms. The molecule has 0 bridgehead atoms. The predicted molar refractivity (Wildman–Crippen MR) is 146 cm³/mol. The molecule has 0 aliphatic carbocycles. The Morgan fingerprint density at radius 2 is 1.68 bits per heavy atom. The first kappa shape index (κ1) is 25.2. The van der Waals surface area contributed by atoms with Gasteiger partial charge in [-0.2, -0.15) is 0 Å². The molecule has 2 aromatic carbocycles. The molecule has 194 valence electrons. The molecular formula is C29H35N5O3. The first-order chi connectivity index (χ1) is 18.0. The third-order valence-corrected chi connectivity index (χ3v) is 7.16. The second-order valence-corrected chi connectivity index (χ2v) is 9.82. The number of pyridine rings is 1. The molecule has 2 amide bonds. The van der Waals surface area contributed by atoms with Gasteiger partial charge >= 0.3 is 0 Å². The molecular weight excluding hydrogens is 466 g/mol. The molecule has 0 unspecified atom stereocenters. The second kappa shape index (κ2) is 11.7. The van der Waals surface area contributed by atoms with E-state index >= 15 is 0 Å². The van der Waals surface area contributed by atoms with Crippen LogP contribution in [0.25, 0.3) is 10.9 Å². The number of nitrogens with zero attached hydrogens (tertiary/aromatic N) is 4. The molecule has 5 rings (SSSR count). The second-order valence-electron chi connectivity index (χ2n) is 9.82. The molecule has 0 spiro atoms. The summed E-state index contributed by atoms with van der Waals surface area (Å²) < 4.78 is 5.45. The first-order valence-electron chi connectivity index (χ1n) is 13.1. The quantitative estimate of drug-likeness (QED) is 0.535. The fourth-order valence-corrected chi connectivity index (χ4v) is 5.01. The van der Waals surface area contributed by atoms with E-state index in [9.17, 15) is 9.59 Å². The van der Waals surface area contributed by atoms with Crippen LogP contribution < -0.4 is 10.2 Å². The lowest BCUT2D eigenvalue weighted by Crippen LogP contribution is -2.48. The zero-order valence-corrected chi connectivity index (χ0v) is 21.5. The topological polar surface area (TPSA) is 78.0 Å². The van der Waals surface area contributed by atoms with Crippen LogP contribution in [0.2, 0.25) is 0 Å². The van der Waals surface area contributed by atoms with Crippen molar-refractivity contribution < 1.29 is 14.3 Å². The van der Waals surface area contributed by atoms with E-state index in [1.807, 2.05) is 29.2 Å². The molecule has 37 heavy (non-hydrogen) atoms.